The van der Waals surface area contributed by atoms with Gasteiger partial charge in [-0.1, -0.05) is 13.8 Å². The molecule has 4 nitrogen and oxygen atoms in total. The molecule has 0 aliphatic heterocycles. The van der Waals surface area contributed by atoms with Crippen molar-refractivity contribution < 1.29 is 14.3 Å². The second-order valence-electron chi connectivity index (χ2n) is 4.97. The number of carbonyl (C=O) groups is 1. The third kappa shape index (κ3) is 5.28. The summed E-state index contributed by atoms with van der Waals surface area (Å²) in [5, 5.41) is 12.7. The first-order valence-corrected chi connectivity index (χ1v) is 7.65. The summed E-state index contributed by atoms with van der Waals surface area (Å²) >= 11 is 1.71. The molecule has 2 atom stereocenters. The Morgan fingerprint density at radius 2 is 2.37 bits per heavy atom. The molecule has 2 unspecified atom stereocenters. The van der Waals surface area contributed by atoms with Gasteiger partial charge in [-0.2, -0.15) is 11.8 Å². The van der Waals surface area contributed by atoms with Gasteiger partial charge in [-0.15, -0.1) is 0 Å². The highest BCUT2D eigenvalue weighted by Gasteiger charge is 2.33. The third-order valence-corrected chi connectivity index (χ3v) is 4.21. The van der Waals surface area contributed by atoms with E-state index in [4.69, 9.17) is 4.42 Å². The van der Waals surface area contributed by atoms with Gasteiger partial charge in [0.1, 0.15) is 11.3 Å². The number of nitrogens with one attached hydrogen (secondary N) is 1. The number of hydrogen-bond acceptors (Lipinski definition) is 4. The number of hydrogen-bond donors (Lipinski definition) is 2. The first-order chi connectivity index (χ1) is 8.98. The van der Waals surface area contributed by atoms with Crippen molar-refractivity contribution in [3.05, 3.63) is 24.2 Å². The molecule has 2 N–H and O–H groups in total. The zero-order valence-corrected chi connectivity index (χ0v) is 12.6. The van der Waals surface area contributed by atoms with Crippen LogP contribution >= 0.6 is 11.8 Å². The van der Waals surface area contributed by atoms with Gasteiger partial charge in [-0.3, -0.25) is 4.79 Å². The Labute approximate surface area is 119 Å². The third-order valence-electron chi connectivity index (χ3n) is 3.02. The van der Waals surface area contributed by atoms with Crippen LogP contribution in [-0.4, -0.2) is 28.4 Å². The molecule has 1 heterocycles. The van der Waals surface area contributed by atoms with Gasteiger partial charge in [-0.05, 0) is 38.4 Å². The summed E-state index contributed by atoms with van der Waals surface area (Å²) in [6.45, 7) is 6.57. The van der Waals surface area contributed by atoms with Crippen LogP contribution in [0.1, 0.15) is 39.4 Å². The van der Waals surface area contributed by atoms with E-state index in [0.29, 0.717) is 6.42 Å². The maximum Gasteiger partial charge on any atom is 0.323 e. The Morgan fingerprint density at radius 1 is 1.63 bits per heavy atom. The van der Waals surface area contributed by atoms with E-state index in [9.17, 15) is 9.90 Å². The van der Waals surface area contributed by atoms with Crippen molar-refractivity contribution in [2.45, 2.75) is 50.2 Å². The Morgan fingerprint density at radius 3 is 2.89 bits per heavy atom. The topological polar surface area (TPSA) is 62.5 Å². The minimum atomic E-state index is -0.856. The van der Waals surface area contributed by atoms with E-state index in [1.54, 1.807) is 24.9 Å². The van der Waals surface area contributed by atoms with Crippen LogP contribution in [0, 0.1) is 0 Å². The monoisotopic (exact) mass is 285 g/mol. The summed E-state index contributed by atoms with van der Waals surface area (Å²) in [4.78, 5) is 11.4. The quantitative estimate of drug-likeness (QED) is 0.730. The van der Waals surface area contributed by atoms with E-state index in [0.717, 1.165) is 24.5 Å². The van der Waals surface area contributed by atoms with Crippen LogP contribution in [0.3, 0.4) is 0 Å². The number of carboxylic acid groups (broad SMARTS) is 1. The molecule has 5 heteroatoms. The highest BCUT2D eigenvalue weighted by Crippen LogP contribution is 2.25. The summed E-state index contributed by atoms with van der Waals surface area (Å²) in [5.41, 5.74) is -0.856. The Hall–Kier alpha value is -0.940. The van der Waals surface area contributed by atoms with Crippen LogP contribution < -0.4 is 5.32 Å². The Bertz CT molecular complexity index is 380. The second kappa shape index (κ2) is 7.60. The maximum absolute atomic E-state index is 11.4. The fourth-order valence-corrected chi connectivity index (χ4v) is 2.95. The molecule has 0 bridgehead atoms. The van der Waals surface area contributed by atoms with Crippen molar-refractivity contribution >= 4 is 17.7 Å². The smallest absolute Gasteiger partial charge is 0.323 e. The lowest BCUT2D eigenvalue weighted by molar-refractivity contribution is -0.144. The van der Waals surface area contributed by atoms with E-state index in [1.807, 2.05) is 19.1 Å². The van der Waals surface area contributed by atoms with E-state index in [2.05, 4.69) is 12.2 Å². The zero-order valence-electron chi connectivity index (χ0n) is 11.8. The van der Waals surface area contributed by atoms with E-state index < -0.39 is 11.5 Å². The lowest BCUT2D eigenvalue weighted by atomic mass is 9.96. The molecule has 0 fully saturated rings. The molecule has 108 valence electrons. The van der Waals surface area contributed by atoms with Gasteiger partial charge in [0.25, 0.3) is 0 Å². The predicted molar refractivity (Wildman–Crippen MR) is 78.4 cm³/mol. The van der Waals surface area contributed by atoms with Gasteiger partial charge < -0.3 is 14.8 Å². The average Bonchev–Trinajstić information content (AvgIpc) is 2.87. The van der Waals surface area contributed by atoms with Crippen LogP contribution in [0.5, 0.6) is 0 Å². The highest BCUT2D eigenvalue weighted by molar-refractivity contribution is 7.99. The van der Waals surface area contributed by atoms with Gasteiger partial charge in [0.15, 0.2) is 0 Å². The standard InChI is InChI=1S/C14H23NO3S/c1-4-7-15-14(3,13(16)17)9-11(2)19-10-12-6-5-8-18-12/h5-6,8,11,15H,4,7,9-10H2,1-3H3,(H,16,17). The van der Waals surface area contributed by atoms with Gasteiger partial charge in [0.05, 0.1) is 12.0 Å². The summed E-state index contributed by atoms with van der Waals surface area (Å²) < 4.78 is 5.27. The van der Waals surface area contributed by atoms with Gasteiger partial charge in [0, 0.05) is 5.25 Å². The van der Waals surface area contributed by atoms with E-state index in [-0.39, 0.29) is 5.25 Å². The summed E-state index contributed by atoms with van der Waals surface area (Å²) in [7, 11) is 0. The maximum atomic E-state index is 11.4. The molecule has 0 aliphatic carbocycles. The normalized spacial score (nSPS) is 15.9. The molecule has 0 spiro atoms. The second-order valence-corrected chi connectivity index (χ2v) is 6.40. The summed E-state index contributed by atoms with van der Waals surface area (Å²) in [6, 6.07) is 3.80. The fourth-order valence-electron chi connectivity index (χ4n) is 1.89. The van der Waals surface area contributed by atoms with Crippen molar-refractivity contribution in [3.8, 4) is 0 Å². The Kier molecular flexibility index (Phi) is 6.45. The molecule has 0 saturated heterocycles. The van der Waals surface area contributed by atoms with E-state index >= 15 is 0 Å². The molecule has 0 radical (unpaired) electrons. The predicted octanol–water partition coefficient (Wildman–Crippen LogP) is 3.13. The molecule has 1 aromatic rings. The van der Waals surface area contributed by atoms with E-state index in [1.165, 1.54) is 0 Å². The number of furan rings is 1. The average molecular weight is 285 g/mol. The molecule has 1 rings (SSSR count). The van der Waals surface area contributed by atoms with Crippen LogP contribution in [0.4, 0.5) is 0 Å². The highest BCUT2D eigenvalue weighted by atomic mass is 32.2. The van der Waals surface area contributed by atoms with Crippen LogP contribution in [-0.2, 0) is 10.5 Å². The zero-order chi connectivity index (χ0) is 14.3. The van der Waals surface area contributed by atoms with Crippen molar-refractivity contribution in [3.63, 3.8) is 0 Å². The SMILES string of the molecule is CCCNC(C)(CC(C)SCc1ccco1)C(=O)O. The molecule has 1 aromatic heterocycles. The van der Waals surface area contributed by atoms with Gasteiger partial charge in [-0.25, -0.2) is 0 Å². The van der Waals surface area contributed by atoms with Crippen LogP contribution in [0.2, 0.25) is 0 Å². The molecule has 0 aliphatic rings. The number of carboxylic acids is 1. The lowest BCUT2D eigenvalue weighted by Gasteiger charge is -2.29. The summed E-state index contributed by atoms with van der Waals surface area (Å²) in [5.74, 6) is 0.916. The Balaban J connectivity index is 2.46. The summed E-state index contributed by atoms with van der Waals surface area (Å²) in [6.07, 6.45) is 3.18. The van der Waals surface area contributed by atoms with Crippen LogP contribution in [0.25, 0.3) is 0 Å². The lowest BCUT2D eigenvalue weighted by Crippen LogP contribution is -2.51. The molecular formula is C14H23NO3S. The molecule has 0 aromatic carbocycles. The first-order valence-electron chi connectivity index (χ1n) is 6.60. The largest absolute Gasteiger partial charge is 0.480 e. The number of aliphatic carboxylic acids is 1. The van der Waals surface area contributed by atoms with Crippen LogP contribution in [0.15, 0.2) is 22.8 Å². The van der Waals surface area contributed by atoms with Gasteiger partial charge >= 0.3 is 5.97 Å². The number of rotatable bonds is 9. The van der Waals surface area contributed by atoms with Crippen molar-refractivity contribution in [2.24, 2.45) is 0 Å². The van der Waals surface area contributed by atoms with Crippen molar-refractivity contribution in [1.29, 1.82) is 0 Å². The fraction of sp³-hybridized carbons (Fsp3) is 0.643. The van der Waals surface area contributed by atoms with Gasteiger partial charge in [0.2, 0.25) is 0 Å². The number of thioether (sulfide) groups is 1. The minimum absolute atomic E-state index is 0.246. The minimum Gasteiger partial charge on any atom is -0.480 e. The molecule has 0 saturated carbocycles. The first kappa shape index (κ1) is 16.1. The van der Waals surface area contributed by atoms with Crippen molar-refractivity contribution in [1.82, 2.24) is 5.32 Å². The molecular weight excluding hydrogens is 262 g/mol. The van der Waals surface area contributed by atoms with Crippen molar-refractivity contribution in [2.75, 3.05) is 6.54 Å². The molecule has 19 heavy (non-hydrogen) atoms. The molecule has 0 amide bonds.